The molecule has 0 amide bonds. The lowest BCUT2D eigenvalue weighted by Gasteiger charge is -1.89. The summed E-state index contributed by atoms with van der Waals surface area (Å²) >= 11 is 3.14. The third-order valence-corrected chi connectivity index (χ3v) is 1.84. The molecule has 0 bridgehead atoms. The molecule has 0 atom stereocenters. The van der Waals surface area contributed by atoms with E-state index in [1.807, 2.05) is 0 Å². The predicted molar refractivity (Wildman–Crippen MR) is 35.0 cm³/mol. The number of rotatable bonds is 3. The zero-order valence-electron chi connectivity index (χ0n) is 4.44. The van der Waals surface area contributed by atoms with Crippen LogP contribution in [0, 0.1) is 0 Å². The fourth-order valence-electron chi connectivity index (χ4n) is 0.216. The first kappa shape index (κ1) is 8.77. The van der Waals surface area contributed by atoms with Crippen molar-refractivity contribution >= 4 is 26.5 Å². The highest BCUT2D eigenvalue weighted by molar-refractivity contribution is 8.63. The van der Waals surface area contributed by atoms with Crippen LogP contribution in [0.15, 0.2) is 0 Å². The van der Waals surface area contributed by atoms with Crippen LogP contribution >= 0.6 is 11.7 Å². The van der Waals surface area contributed by atoms with Gasteiger partial charge in [-0.15, -0.1) is 0 Å². The molecule has 0 spiro atoms. The fraction of sp³-hybridized carbons (Fsp3) is 0.667. The van der Waals surface area contributed by atoms with E-state index in [1.165, 1.54) is 0 Å². The first-order valence-electron chi connectivity index (χ1n) is 2.09. The molecule has 0 unspecified atom stereocenters. The Bertz CT molecular complexity index is 192. The number of carboxylic acids is 1. The second kappa shape index (κ2) is 3.07. The van der Waals surface area contributed by atoms with Crippen molar-refractivity contribution < 1.29 is 18.3 Å². The fourth-order valence-corrected chi connectivity index (χ4v) is 0.923. The largest absolute Gasteiger partial charge is 0.481 e. The van der Waals surface area contributed by atoms with Crippen LogP contribution in [0.3, 0.4) is 0 Å². The zero-order valence-corrected chi connectivity index (χ0v) is 6.15. The van der Waals surface area contributed by atoms with E-state index in [2.05, 4.69) is 11.7 Å². The molecule has 0 fully saturated rings. The highest BCUT2D eigenvalue weighted by Crippen LogP contribution is 1.96. The molecule has 0 aliphatic rings. The van der Waals surface area contributed by atoms with Crippen molar-refractivity contribution in [3.8, 4) is 0 Å². The second-order valence-corrected chi connectivity index (χ2v) is 4.67. The van der Waals surface area contributed by atoms with Gasteiger partial charge in [0.15, 0.2) is 8.87 Å². The Hall–Kier alpha value is -0.230. The van der Waals surface area contributed by atoms with Gasteiger partial charge in [-0.05, 0) is 11.7 Å². The van der Waals surface area contributed by atoms with E-state index in [0.717, 1.165) is 0 Å². The van der Waals surface area contributed by atoms with Gasteiger partial charge in [-0.1, -0.05) is 0 Å². The van der Waals surface area contributed by atoms with Crippen molar-refractivity contribution in [2.24, 2.45) is 0 Å². The topological polar surface area (TPSA) is 71.4 Å². The maximum atomic E-state index is 10.1. The maximum Gasteiger partial charge on any atom is 0.304 e. The molecule has 4 nitrogen and oxygen atoms in total. The SMILES string of the molecule is O=C(O)CCS(=O)(=O)S. The summed E-state index contributed by atoms with van der Waals surface area (Å²) < 4.78 is 20.3. The van der Waals surface area contributed by atoms with Crippen LogP contribution in [0.1, 0.15) is 6.42 Å². The highest BCUT2D eigenvalue weighted by Gasteiger charge is 2.05. The molecule has 0 aromatic carbocycles. The summed E-state index contributed by atoms with van der Waals surface area (Å²) in [6, 6.07) is 0. The van der Waals surface area contributed by atoms with Crippen LogP contribution in [0.2, 0.25) is 0 Å². The zero-order chi connectivity index (χ0) is 7.49. The molecular weight excluding hydrogens is 164 g/mol. The summed E-state index contributed by atoms with van der Waals surface area (Å²) in [6.45, 7) is 0. The minimum atomic E-state index is -3.41. The van der Waals surface area contributed by atoms with Crippen LogP contribution < -0.4 is 0 Å². The molecule has 9 heavy (non-hydrogen) atoms. The number of hydrogen-bond acceptors (Lipinski definition) is 3. The molecular formula is C3H6O4S2. The number of hydrogen-bond donors (Lipinski definition) is 2. The Morgan fingerprint density at radius 2 is 2.00 bits per heavy atom. The Labute approximate surface area is 57.6 Å². The van der Waals surface area contributed by atoms with Crippen LogP contribution in [0.5, 0.6) is 0 Å². The molecule has 0 radical (unpaired) electrons. The first-order chi connectivity index (χ1) is 3.92. The van der Waals surface area contributed by atoms with E-state index in [9.17, 15) is 13.2 Å². The third kappa shape index (κ3) is 7.77. The predicted octanol–water partition coefficient (Wildman–Crippen LogP) is -0.279. The van der Waals surface area contributed by atoms with Gasteiger partial charge in [0, 0.05) is 0 Å². The van der Waals surface area contributed by atoms with Crippen LogP contribution in [0.25, 0.3) is 0 Å². The summed E-state index contributed by atoms with van der Waals surface area (Å²) in [5.41, 5.74) is 0. The normalized spacial score (nSPS) is 11.2. The quantitative estimate of drug-likeness (QED) is 0.451. The van der Waals surface area contributed by atoms with Gasteiger partial charge >= 0.3 is 5.97 Å². The Kier molecular flexibility index (Phi) is 2.99. The molecule has 0 rings (SSSR count). The van der Waals surface area contributed by atoms with E-state index < -0.39 is 20.6 Å². The first-order valence-corrected chi connectivity index (χ1v) is 4.79. The van der Waals surface area contributed by atoms with Crippen molar-refractivity contribution in [2.45, 2.75) is 6.42 Å². The van der Waals surface area contributed by atoms with E-state index >= 15 is 0 Å². The summed E-state index contributed by atoms with van der Waals surface area (Å²) in [7, 11) is -3.41. The molecule has 54 valence electrons. The van der Waals surface area contributed by atoms with Gasteiger partial charge in [0.2, 0.25) is 0 Å². The van der Waals surface area contributed by atoms with Gasteiger partial charge in [-0.2, -0.15) is 0 Å². The van der Waals surface area contributed by atoms with Gasteiger partial charge in [0.05, 0.1) is 12.2 Å². The molecule has 0 aromatic rings. The Morgan fingerprint density at radius 1 is 1.56 bits per heavy atom. The van der Waals surface area contributed by atoms with Gasteiger partial charge in [-0.3, -0.25) is 4.79 Å². The minimum Gasteiger partial charge on any atom is -0.481 e. The van der Waals surface area contributed by atoms with Gasteiger partial charge in [0.25, 0.3) is 0 Å². The molecule has 0 heterocycles. The van der Waals surface area contributed by atoms with Crippen molar-refractivity contribution in [1.82, 2.24) is 0 Å². The van der Waals surface area contributed by atoms with Crippen molar-refractivity contribution in [1.29, 1.82) is 0 Å². The second-order valence-electron chi connectivity index (χ2n) is 1.43. The lowest BCUT2D eigenvalue weighted by Crippen LogP contribution is -2.04. The lowest BCUT2D eigenvalue weighted by molar-refractivity contribution is -0.136. The molecule has 0 aliphatic carbocycles. The average molecular weight is 170 g/mol. The van der Waals surface area contributed by atoms with E-state index in [1.54, 1.807) is 0 Å². The lowest BCUT2D eigenvalue weighted by atomic mass is 10.5. The molecule has 0 aromatic heterocycles. The number of carbonyl (C=O) groups is 1. The summed E-state index contributed by atoms with van der Waals surface area (Å²) in [5.74, 6) is -1.54. The molecule has 0 saturated heterocycles. The summed E-state index contributed by atoms with van der Waals surface area (Å²) in [6.07, 6.45) is -0.383. The monoisotopic (exact) mass is 170 g/mol. The van der Waals surface area contributed by atoms with E-state index in [0.29, 0.717) is 0 Å². The van der Waals surface area contributed by atoms with E-state index in [-0.39, 0.29) is 6.42 Å². The summed E-state index contributed by atoms with van der Waals surface area (Å²) in [4.78, 5) is 9.75. The molecule has 0 saturated carbocycles. The molecule has 0 aliphatic heterocycles. The molecule has 6 heteroatoms. The smallest absolute Gasteiger partial charge is 0.304 e. The van der Waals surface area contributed by atoms with Crippen LogP contribution in [-0.4, -0.2) is 25.2 Å². The van der Waals surface area contributed by atoms with Crippen molar-refractivity contribution in [3.63, 3.8) is 0 Å². The van der Waals surface area contributed by atoms with Crippen molar-refractivity contribution in [3.05, 3.63) is 0 Å². The average Bonchev–Trinajstić information content (AvgIpc) is 1.59. The molecule has 1 N–H and O–H groups in total. The third-order valence-electron chi connectivity index (χ3n) is 0.574. The standard InChI is InChI=1S/C3H6O4S2/c4-3(5)1-2-9(6,7)8/h1-2H2,(H,4,5)(H,6,7,8). The Morgan fingerprint density at radius 3 is 2.11 bits per heavy atom. The van der Waals surface area contributed by atoms with Gasteiger partial charge < -0.3 is 5.11 Å². The maximum absolute atomic E-state index is 10.1. The van der Waals surface area contributed by atoms with Gasteiger partial charge in [-0.25, -0.2) is 8.42 Å². The van der Waals surface area contributed by atoms with Crippen molar-refractivity contribution in [2.75, 3.05) is 5.75 Å². The van der Waals surface area contributed by atoms with E-state index in [4.69, 9.17) is 5.11 Å². The highest BCUT2D eigenvalue weighted by atomic mass is 33.1. The van der Waals surface area contributed by atoms with Gasteiger partial charge in [0.1, 0.15) is 0 Å². The number of carboxylic acid groups (broad SMARTS) is 1. The number of aliphatic carboxylic acids is 1. The van der Waals surface area contributed by atoms with Crippen LogP contribution in [-0.2, 0) is 13.7 Å². The number of thiol groups is 1. The van der Waals surface area contributed by atoms with Crippen LogP contribution in [0.4, 0.5) is 0 Å². The minimum absolute atomic E-state index is 0.383. The Balaban J connectivity index is 3.67. The summed E-state index contributed by atoms with van der Waals surface area (Å²) in [5, 5.41) is 7.98.